The van der Waals surface area contributed by atoms with Crippen LogP contribution in [0.25, 0.3) is 50.0 Å². The van der Waals surface area contributed by atoms with Gasteiger partial charge in [-0.15, -0.1) is 0 Å². The summed E-state index contributed by atoms with van der Waals surface area (Å²) in [7, 11) is 0. The molecular formula is C35H32N+. The molecular weight excluding hydrogens is 434 g/mol. The lowest BCUT2D eigenvalue weighted by Crippen LogP contribution is -2.55. The number of nitrogens with zero attached hydrogens (tertiary/aromatic N) is 1. The number of allylic oxidation sites excluding steroid dienone is 1. The number of aromatic nitrogens is 1. The Morgan fingerprint density at radius 2 is 1.44 bits per heavy atom. The third-order valence-electron chi connectivity index (χ3n) is 9.14. The molecule has 1 aromatic heterocycles. The topological polar surface area (TPSA) is 3.88 Å². The Kier molecular flexibility index (Phi) is 4.43. The average Bonchev–Trinajstić information content (AvgIpc) is 3.05. The summed E-state index contributed by atoms with van der Waals surface area (Å²) in [5.74, 6) is 0. The second kappa shape index (κ2) is 7.40. The average molecular weight is 467 g/mol. The molecule has 36 heavy (non-hydrogen) atoms. The quantitative estimate of drug-likeness (QED) is 0.181. The van der Waals surface area contributed by atoms with Gasteiger partial charge in [-0.3, -0.25) is 0 Å². The highest BCUT2D eigenvalue weighted by Crippen LogP contribution is 2.51. The van der Waals surface area contributed by atoms with Crippen molar-refractivity contribution in [3.05, 3.63) is 108 Å². The second-order valence-corrected chi connectivity index (χ2v) is 11.1. The Hall–Kier alpha value is -3.71. The highest BCUT2D eigenvalue weighted by atomic mass is 15.1. The van der Waals surface area contributed by atoms with E-state index in [1.807, 2.05) is 0 Å². The molecule has 7 rings (SSSR count). The Labute approximate surface area is 213 Å². The van der Waals surface area contributed by atoms with Crippen LogP contribution in [-0.2, 0) is 11.0 Å². The summed E-state index contributed by atoms with van der Waals surface area (Å²) in [5, 5.41) is 5.28. The lowest BCUT2D eigenvalue weighted by molar-refractivity contribution is -0.742. The van der Waals surface area contributed by atoms with Gasteiger partial charge in [0.1, 0.15) is 0 Å². The summed E-state index contributed by atoms with van der Waals surface area (Å²) in [6.07, 6.45) is 9.32. The van der Waals surface area contributed by atoms with Gasteiger partial charge in [-0.05, 0) is 62.9 Å². The molecule has 0 fully saturated rings. The van der Waals surface area contributed by atoms with Crippen molar-refractivity contribution in [2.75, 3.05) is 0 Å². The summed E-state index contributed by atoms with van der Waals surface area (Å²) in [4.78, 5) is 0. The van der Waals surface area contributed by atoms with E-state index in [9.17, 15) is 0 Å². The van der Waals surface area contributed by atoms with Crippen molar-refractivity contribution >= 4 is 27.6 Å². The molecule has 0 unspecified atom stereocenters. The lowest BCUT2D eigenvalue weighted by atomic mass is 9.81. The maximum absolute atomic E-state index is 2.58. The minimum atomic E-state index is -0.0495. The van der Waals surface area contributed by atoms with E-state index >= 15 is 0 Å². The molecule has 0 bridgehead atoms. The predicted octanol–water partition coefficient (Wildman–Crippen LogP) is 8.80. The fourth-order valence-electron chi connectivity index (χ4n) is 6.94. The zero-order valence-electron chi connectivity index (χ0n) is 21.6. The van der Waals surface area contributed by atoms with E-state index in [1.54, 1.807) is 0 Å². The molecule has 1 nitrogen and oxygen atoms in total. The smallest absolute Gasteiger partial charge is 0.189 e. The van der Waals surface area contributed by atoms with Gasteiger partial charge >= 0.3 is 0 Å². The van der Waals surface area contributed by atoms with Crippen molar-refractivity contribution in [1.82, 2.24) is 0 Å². The minimum absolute atomic E-state index is 0.0221. The van der Waals surface area contributed by atoms with Crippen LogP contribution >= 0.6 is 0 Å². The van der Waals surface area contributed by atoms with Crippen LogP contribution in [0.1, 0.15) is 57.2 Å². The van der Waals surface area contributed by atoms with Gasteiger partial charge in [0, 0.05) is 29.7 Å². The number of fused-ring (bicyclic) bond motifs is 10. The second-order valence-electron chi connectivity index (χ2n) is 11.1. The molecule has 5 aromatic rings. The number of pyridine rings is 1. The van der Waals surface area contributed by atoms with Gasteiger partial charge in [0.15, 0.2) is 11.7 Å². The molecule has 1 heteroatoms. The monoisotopic (exact) mass is 466 g/mol. The zero-order chi connectivity index (χ0) is 24.7. The van der Waals surface area contributed by atoms with Crippen molar-refractivity contribution < 1.29 is 4.57 Å². The van der Waals surface area contributed by atoms with E-state index in [-0.39, 0.29) is 11.0 Å². The van der Waals surface area contributed by atoms with Crippen LogP contribution in [0, 0.1) is 0 Å². The van der Waals surface area contributed by atoms with Gasteiger partial charge in [-0.1, -0.05) is 88.4 Å². The molecule has 4 aromatic carbocycles. The van der Waals surface area contributed by atoms with Gasteiger partial charge in [-0.2, -0.15) is 4.57 Å². The van der Waals surface area contributed by atoms with Crippen LogP contribution in [0.15, 0.2) is 91.1 Å². The highest BCUT2D eigenvalue weighted by Gasteiger charge is 2.42. The molecule has 0 atom stereocenters. The Morgan fingerprint density at radius 1 is 0.667 bits per heavy atom. The van der Waals surface area contributed by atoms with Crippen LogP contribution in [0.3, 0.4) is 0 Å². The van der Waals surface area contributed by atoms with Gasteiger partial charge in [0.25, 0.3) is 0 Å². The van der Waals surface area contributed by atoms with Gasteiger partial charge in [0.2, 0.25) is 5.69 Å². The van der Waals surface area contributed by atoms with Crippen molar-refractivity contribution in [1.29, 1.82) is 0 Å². The largest absolute Gasteiger partial charge is 0.221 e. The number of benzene rings is 4. The van der Waals surface area contributed by atoms with Crippen molar-refractivity contribution in [2.24, 2.45) is 0 Å². The summed E-state index contributed by atoms with van der Waals surface area (Å²) in [6, 6.07) is 29.7. The van der Waals surface area contributed by atoms with Crippen molar-refractivity contribution in [3.8, 4) is 22.4 Å². The first-order valence-electron chi connectivity index (χ1n) is 13.3. The van der Waals surface area contributed by atoms with Crippen LogP contribution in [0.5, 0.6) is 0 Å². The third kappa shape index (κ3) is 2.69. The van der Waals surface area contributed by atoms with Crippen LogP contribution < -0.4 is 4.57 Å². The van der Waals surface area contributed by atoms with E-state index in [1.165, 1.54) is 60.6 Å². The van der Waals surface area contributed by atoms with Crippen LogP contribution in [-0.4, -0.2) is 0 Å². The summed E-state index contributed by atoms with van der Waals surface area (Å²) in [5.41, 5.74) is 9.56. The van der Waals surface area contributed by atoms with E-state index < -0.39 is 0 Å². The van der Waals surface area contributed by atoms with Gasteiger partial charge in [0.05, 0.1) is 10.9 Å². The Morgan fingerprint density at radius 3 is 2.28 bits per heavy atom. The highest BCUT2D eigenvalue weighted by molar-refractivity contribution is 6.11. The molecule has 0 radical (unpaired) electrons. The minimum Gasteiger partial charge on any atom is -0.189 e. The number of rotatable bonds is 2. The lowest BCUT2D eigenvalue weighted by Gasteiger charge is -2.25. The predicted molar refractivity (Wildman–Crippen MR) is 152 cm³/mol. The van der Waals surface area contributed by atoms with Crippen LogP contribution in [0.2, 0.25) is 0 Å². The molecule has 0 amide bonds. The zero-order valence-corrected chi connectivity index (χ0v) is 21.6. The standard InChI is InChI=1S/C35H32N/c1-5-35(6-2)19-17-24-21-30-27-13-9-10-14-31(27)34(3,4)32(30)22-29(24)33-28-16-15-23-11-7-8-12-25(23)26(28)18-20-36(33)35/h7-22H,5-6H2,1-4H3/q+1. The summed E-state index contributed by atoms with van der Waals surface area (Å²) >= 11 is 0. The van der Waals surface area contributed by atoms with Crippen molar-refractivity contribution in [2.45, 2.75) is 51.5 Å². The maximum atomic E-state index is 2.58. The van der Waals surface area contributed by atoms with Gasteiger partial charge < -0.3 is 0 Å². The summed E-state index contributed by atoms with van der Waals surface area (Å²) in [6.45, 7) is 9.41. The molecule has 1 aliphatic carbocycles. The first-order valence-corrected chi connectivity index (χ1v) is 13.3. The first kappa shape index (κ1) is 21.6. The molecule has 0 spiro atoms. The van der Waals surface area contributed by atoms with E-state index in [2.05, 4.69) is 129 Å². The molecule has 0 saturated heterocycles. The third-order valence-corrected chi connectivity index (χ3v) is 9.14. The van der Waals surface area contributed by atoms with Crippen LogP contribution in [0.4, 0.5) is 0 Å². The summed E-state index contributed by atoms with van der Waals surface area (Å²) < 4.78 is 2.58. The van der Waals surface area contributed by atoms with E-state index in [0.717, 1.165) is 12.8 Å². The first-order chi connectivity index (χ1) is 17.5. The Balaban J connectivity index is 1.63. The van der Waals surface area contributed by atoms with E-state index in [4.69, 9.17) is 0 Å². The fourth-order valence-corrected chi connectivity index (χ4v) is 6.94. The molecule has 0 saturated carbocycles. The maximum Gasteiger partial charge on any atom is 0.221 e. The van der Waals surface area contributed by atoms with Crippen molar-refractivity contribution in [3.63, 3.8) is 0 Å². The molecule has 2 heterocycles. The molecule has 0 N–H and O–H groups in total. The SMILES string of the molecule is CCC1(CC)C=Cc2cc3c(cc2-c2c4ccc5ccccc5c4cc[n+]21)C(C)(C)c1ccccc1-3. The van der Waals surface area contributed by atoms with E-state index in [0.29, 0.717) is 0 Å². The molecule has 176 valence electrons. The fraction of sp³-hybridized carbons (Fsp3) is 0.229. The molecule has 2 aliphatic rings. The van der Waals surface area contributed by atoms with Gasteiger partial charge in [-0.25, -0.2) is 0 Å². The molecule has 1 aliphatic heterocycles. The number of hydrogen-bond acceptors (Lipinski definition) is 0. The normalized spacial score (nSPS) is 16.3. The Bertz CT molecular complexity index is 1730. The number of hydrogen-bond donors (Lipinski definition) is 0.